The first-order chi connectivity index (χ1) is 12.5. The lowest BCUT2D eigenvalue weighted by Gasteiger charge is -2.34. The Bertz CT molecular complexity index is 1040. The number of nitrogens with zero attached hydrogens (tertiary/aromatic N) is 2. The molecule has 26 heavy (non-hydrogen) atoms. The number of carbonyl (C=O) groups excluding carboxylic acids is 1. The second-order valence-corrected chi connectivity index (χ2v) is 8.48. The molecule has 1 unspecified atom stereocenters. The van der Waals surface area contributed by atoms with Gasteiger partial charge in [0.2, 0.25) is 10.0 Å². The van der Waals surface area contributed by atoms with Gasteiger partial charge in [-0.3, -0.25) is 4.79 Å². The van der Waals surface area contributed by atoms with Crippen molar-refractivity contribution in [2.75, 3.05) is 13.1 Å². The molecule has 0 bridgehead atoms. The van der Waals surface area contributed by atoms with Crippen LogP contribution in [0.1, 0.15) is 28.8 Å². The van der Waals surface area contributed by atoms with Crippen LogP contribution in [0.3, 0.4) is 0 Å². The van der Waals surface area contributed by atoms with Gasteiger partial charge in [-0.1, -0.05) is 24.3 Å². The van der Waals surface area contributed by atoms with Gasteiger partial charge in [0.1, 0.15) is 17.4 Å². The Balaban J connectivity index is 1.65. The number of para-hydroxylation sites is 1. The molecular formula is C19H16N2O4S. The third-order valence-corrected chi connectivity index (χ3v) is 6.81. The maximum atomic E-state index is 13.0. The number of sulfonamides is 1. The maximum Gasteiger partial charge on any atom is 0.244 e. The van der Waals surface area contributed by atoms with Crippen LogP contribution < -0.4 is 4.74 Å². The summed E-state index contributed by atoms with van der Waals surface area (Å²) in [5.41, 5.74) is -0.200. The van der Waals surface area contributed by atoms with Crippen molar-refractivity contribution in [3.63, 3.8) is 0 Å². The van der Waals surface area contributed by atoms with Crippen molar-refractivity contribution < 1.29 is 17.9 Å². The van der Waals surface area contributed by atoms with Crippen molar-refractivity contribution >= 4 is 15.8 Å². The molecule has 0 saturated carbocycles. The van der Waals surface area contributed by atoms with Gasteiger partial charge in [-0.25, -0.2) is 8.42 Å². The normalized spacial score (nSPS) is 22.7. The first-order valence-corrected chi connectivity index (χ1v) is 9.70. The minimum absolute atomic E-state index is 0.0120. The predicted octanol–water partition coefficient (Wildman–Crippen LogP) is 2.36. The molecule has 0 amide bonds. The van der Waals surface area contributed by atoms with Crippen molar-refractivity contribution in [3.05, 3.63) is 59.7 Å². The summed E-state index contributed by atoms with van der Waals surface area (Å²) in [5.74, 6) is 0.462. The minimum Gasteiger partial charge on any atom is -0.485 e. The lowest BCUT2D eigenvalue weighted by atomic mass is 9.89. The second kappa shape index (κ2) is 5.94. The van der Waals surface area contributed by atoms with Gasteiger partial charge in [-0.2, -0.15) is 9.57 Å². The zero-order valence-electron chi connectivity index (χ0n) is 13.9. The molecule has 132 valence electrons. The number of ether oxygens (including phenoxy) is 1. The minimum atomic E-state index is -3.83. The summed E-state index contributed by atoms with van der Waals surface area (Å²) in [4.78, 5) is 12.5. The Kier molecular flexibility index (Phi) is 3.83. The predicted molar refractivity (Wildman–Crippen MR) is 93.3 cm³/mol. The molecule has 1 atom stereocenters. The number of hydrogen-bond donors (Lipinski definition) is 0. The fourth-order valence-corrected chi connectivity index (χ4v) is 5.26. The van der Waals surface area contributed by atoms with Gasteiger partial charge in [0, 0.05) is 13.0 Å². The summed E-state index contributed by atoms with van der Waals surface area (Å²) in [6.45, 7) is 0.340. The van der Waals surface area contributed by atoms with E-state index in [2.05, 4.69) is 0 Å². The highest BCUT2D eigenvalue weighted by Gasteiger charge is 2.49. The third kappa shape index (κ3) is 2.59. The number of Topliss-reactive ketones (excluding diaryl/α,β-unsaturated/α-hetero) is 1. The van der Waals surface area contributed by atoms with Gasteiger partial charge in [0.15, 0.2) is 5.78 Å². The van der Waals surface area contributed by atoms with E-state index in [4.69, 9.17) is 4.74 Å². The van der Waals surface area contributed by atoms with E-state index in [0.717, 1.165) is 0 Å². The van der Waals surface area contributed by atoms with E-state index in [1.54, 1.807) is 36.4 Å². The summed E-state index contributed by atoms with van der Waals surface area (Å²) in [6.07, 6.45) is 0.580. The fraction of sp³-hybridized carbons (Fsp3) is 0.263. The lowest BCUT2D eigenvalue weighted by Crippen LogP contribution is -2.45. The summed E-state index contributed by atoms with van der Waals surface area (Å²) in [5, 5.41) is 9.21. The second-order valence-electron chi connectivity index (χ2n) is 6.58. The van der Waals surface area contributed by atoms with E-state index in [1.165, 1.54) is 16.4 Å². The smallest absolute Gasteiger partial charge is 0.244 e. The third-order valence-electron chi connectivity index (χ3n) is 4.90. The molecule has 7 heteroatoms. The van der Waals surface area contributed by atoms with E-state index >= 15 is 0 Å². The molecular weight excluding hydrogens is 352 g/mol. The number of rotatable bonds is 2. The maximum absolute atomic E-state index is 13.0. The highest BCUT2D eigenvalue weighted by Crippen LogP contribution is 2.40. The van der Waals surface area contributed by atoms with Crippen LogP contribution in [0.2, 0.25) is 0 Å². The molecule has 2 aromatic rings. The first-order valence-electron chi connectivity index (χ1n) is 8.26. The first kappa shape index (κ1) is 16.8. The van der Waals surface area contributed by atoms with Crippen LogP contribution in [0, 0.1) is 11.3 Å². The molecule has 2 aliphatic heterocycles. The van der Waals surface area contributed by atoms with E-state index < -0.39 is 15.6 Å². The van der Waals surface area contributed by atoms with E-state index in [1.807, 2.05) is 6.07 Å². The van der Waals surface area contributed by atoms with Gasteiger partial charge in [-0.05, 0) is 24.3 Å². The number of ketones is 1. The largest absolute Gasteiger partial charge is 0.485 e. The van der Waals surface area contributed by atoms with Gasteiger partial charge in [-0.15, -0.1) is 0 Å². The summed E-state index contributed by atoms with van der Waals surface area (Å²) >= 11 is 0. The molecule has 0 radical (unpaired) electrons. The summed E-state index contributed by atoms with van der Waals surface area (Å²) in [6, 6.07) is 15.1. The highest BCUT2D eigenvalue weighted by molar-refractivity contribution is 7.89. The van der Waals surface area contributed by atoms with Gasteiger partial charge in [0.05, 0.1) is 29.0 Å². The zero-order valence-corrected chi connectivity index (χ0v) is 14.7. The Morgan fingerprint density at radius 3 is 2.65 bits per heavy atom. The molecule has 0 aromatic heterocycles. The fourth-order valence-electron chi connectivity index (χ4n) is 3.61. The molecule has 1 fully saturated rings. The van der Waals surface area contributed by atoms with Crippen LogP contribution in [0.15, 0.2) is 53.4 Å². The van der Waals surface area contributed by atoms with E-state index in [0.29, 0.717) is 17.7 Å². The van der Waals surface area contributed by atoms with E-state index in [-0.39, 0.29) is 35.8 Å². The molecule has 0 N–H and O–H groups in total. The van der Waals surface area contributed by atoms with Gasteiger partial charge in [0.25, 0.3) is 0 Å². The molecule has 1 saturated heterocycles. The number of fused-ring (bicyclic) bond motifs is 1. The van der Waals surface area contributed by atoms with Crippen LogP contribution in [-0.2, 0) is 10.0 Å². The van der Waals surface area contributed by atoms with Crippen LogP contribution >= 0.6 is 0 Å². The summed E-state index contributed by atoms with van der Waals surface area (Å²) in [7, 11) is -3.83. The summed E-state index contributed by atoms with van der Waals surface area (Å²) < 4.78 is 33.4. The monoisotopic (exact) mass is 368 g/mol. The van der Waals surface area contributed by atoms with Crippen LogP contribution in [-0.4, -0.2) is 37.2 Å². The molecule has 2 aromatic carbocycles. The number of benzene rings is 2. The molecule has 2 aliphatic rings. The van der Waals surface area contributed by atoms with Crippen molar-refractivity contribution in [1.29, 1.82) is 5.26 Å². The van der Waals surface area contributed by atoms with Crippen LogP contribution in [0.5, 0.6) is 5.75 Å². The SMILES string of the molecule is N#Cc1ccccc1S(=O)(=O)N1CCC2(CC(=O)c3ccccc3O2)C1. The number of carbonyl (C=O) groups is 1. The molecule has 6 nitrogen and oxygen atoms in total. The molecule has 2 heterocycles. The van der Waals surface area contributed by atoms with Crippen molar-refractivity contribution in [2.45, 2.75) is 23.3 Å². The number of nitriles is 1. The molecule has 0 aliphatic carbocycles. The standard InChI is InChI=1S/C19H16N2O4S/c20-12-14-5-1-4-8-18(14)26(23,24)21-10-9-19(13-21)11-16(22)15-6-2-3-7-17(15)25-19/h1-8H,9-11,13H2. The van der Waals surface area contributed by atoms with Crippen LogP contribution in [0.25, 0.3) is 0 Å². The topological polar surface area (TPSA) is 87.5 Å². The highest BCUT2D eigenvalue weighted by atomic mass is 32.2. The van der Waals surface area contributed by atoms with Crippen molar-refractivity contribution in [2.24, 2.45) is 0 Å². The van der Waals surface area contributed by atoms with Crippen LogP contribution in [0.4, 0.5) is 0 Å². The average molecular weight is 368 g/mol. The van der Waals surface area contributed by atoms with E-state index in [9.17, 15) is 18.5 Å². The quantitative estimate of drug-likeness (QED) is 0.812. The Labute approximate surface area is 151 Å². The van der Waals surface area contributed by atoms with Gasteiger partial charge < -0.3 is 4.74 Å². The van der Waals surface area contributed by atoms with Crippen molar-refractivity contribution in [1.82, 2.24) is 4.31 Å². The Morgan fingerprint density at radius 1 is 1.12 bits per heavy atom. The van der Waals surface area contributed by atoms with Crippen molar-refractivity contribution in [3.8, 4) is 11.8 Å². The average Bonchev–Trinajstić information content (AvgIpc) is 3.05. The zero-order chi connectivity index (χ0) is 18.4. The molecule has 1 spiro atoms. The number of hydrogen-bond acceptors (Lipinski definition) is 5. The Hall–Kier alpha value is -2.69. The molecule has 4 rings (SSSR count). The van der Waals surface area contributed by atoms with Gasteiger partial charge >= 0.3 is 0 Å². The Morgan fingerprint density at radius 2 is 1.85 bits per heavy atom. The lowest BCUT2D eigenvalue weighted by molar-refractivity contribution is 0.0498.